The zero-order chi connectivity index (χ0) is 17.5. The Bertz CT molecular complexity index is 657. The summed E-state index contributed by atoms with van der Waals surface area (Å²) >= 11 is 0. The molecule has 2 aromatic carbocycles. The number of hydrogen-bond acceptors (Lipinski definition) is 3. The summed E-state index contributed by atoms with van der Waals surface area (Å²) in [6, 6.07) is 14.9. The van der Waals surface area contributed by atoms with Crippen LogP contribution in [0.4, 0.5) is 0 Å². The Morgan fingerprint density at radius 2 is 1.35 bits per heavy atom. The van der Waals surface area contributed by atoms with E-state index in [1.165, 1.54) is 6.07 Å². The molecule has 0 unspecified atom stereocenters. The molecule has 0 heterocycles. The van der Waals surface area contributed by atoms with Crippen molar-refractivity contribution in [3.8, 4) is 5.75 Å². The van der Waals surface area contributed by atoms with Crippen molar-refractivity contribution in [1.29, 1.82) is 0 Å². The maximum atomic E-state index is 10.8. The second kappa shape index (κ2) is 7.98. The van der Waals surface area contributed by atoms with Gasteiger partial charge in [0.1, 0.15) is 16.9 Å². The van der Waals surface area contributed by atoms with Crippen molar-refractivity contribution >= 4 is 11.9 Å². The minimum atomic E-state index is -0.968. The molecule has 0 aliphatic heterocycles. The Morgan fingerprint density at radius 3 is 1.78 bits per heavy atom. The highest BCUT2D eigenvalue weighted by molar-refractivity contribution is 5.90. The Balaban J connectivity index is 0.000000253. The van der Waals surface area contributed by atoms with Gasteiger partial charge in [0.25, 0.3) is 0 Å². The van der Waals surface area contributed by atoms with Crippen molar-refractivity contribution in [2.45, 2.75) is 26.4 Å². The summed E-state index contributed by atoms with van der Waals surface area (Å²) in [6.45, 7) is 5.64. The van der Waals surface area contributed by atoms with Crippen LogP contribution in [0, 0.1) is 0 Å². The van der Waals surface area contributed by atoms with Gasteiger partial charge in [0, 0.05) is 0 Å². The fourth-order valence-electron chi connectivity index (χ4n) is 1.64. The summed E-state index contributed by atoms with van der Waals surface area (Å²) in [5.74, 6) is -1.44. The lowest BCUT2D eigenvalue weighted by atomic mass is 10.1. The molecule has 5 nitrogen and oxygen atoms in total. The van der Waals surface area contributed by atoms with E-state index in [0.29, 0.717) is 11.3 Å². The van der Waals surface area contributed by atoms with Crippen LogP contribution < -0.4 is 4.74 Å². The highest BCUT2D eigenvalue weighted by Crippen LogP contribution is 2.22. The molecule has 2 rings (SSSR count). The third kappa shape index (κ3) is 6.65. The standard InChI is InChI=1S/C11H14O3.C7H6O2/c1-11(2,3)14-9-7-5-4-6-8(9)10(12)13;8-7(9)6-4-2-1-3-5-6/h4-7H,1-3H3,(H,12,13);1-5H,(H,8,9). The van der Waals surface area contributed by atoms with Crippen LogP contribution in [0.5, 0.6) is 5.75 Å². The number of carboxylic acid groups (broad SMARTS) is 2. The largest absolute Gasteiger partial charge is 0.487 e. The summed E-state index contributed by atoms with van der Waals surface area (Å²) < 4.78 is 5.51. The van der Waals surface area contributed by atoms with E-state index in [0.717, 1.165) is 0 Å². The lowest BCUT2D eigenvalue weighted by Gasteiger charge is -2.22. The molecule has 0 aromatic heterocycles. The summed E-state index contributed by atoms with van der Waals surface area (Å²) in [4.78, 5) is 21.0. The van der Waals surface area contributed by atoms with Gasteiger partial charge in [0.05, 0.1) is 5.56 Å². The summed E-state index contributed by atoms with van der Waals surface area (Å²) in [7, 11) is 0. The first-order chi connectivity index (χ1) is 10.7. The lowest BCUT2D eigenvalue weighted by molar-refractivity contribution is 0.0674. The van der Waals surface area contributed by atoms with E-state index >= 15 is 0 Å². The molecule has 2 aromatic rings. The fraction of sp³-hybridized carbons (Fsp3) is 0.222. The van der Waals surface area contributed by atoms with Crippen LogP contribution >= 0.6 is 0 Å². The first-order valence-corrected chi connectivity index (χ1v) is 7.00. The monoisotopic (exact) mass is 316 g/mol. The molecule has 122 valence electrons. The number of rotatable bonds is 3. The molecule has 2 N–H and O–H groups in total. The van der Waals surface area contributed by atoms with Gasteiger partial charge in [-0.1, -0.05) is 30.3 Å². The van der Waals surface area contributed by atoms with E-state index in [-0.39, 0.29) is 11.2 Å². The highest BCUT2D eigenvalue weighted by Gasteiger charge is 2.16. The molecule has 0 aliphatic rings. The Labute approximate surface area is 135 Å². The normalized spacial score (nSPS) is 10.2. The van der Waals surface area contributed by atoms with Crippen molar-refractivity contribution in [1.82, 2.24) is 0 Å². The van der Waals surface area contributed by atoms with Crippen LogP contribution in [0.3, 0.4) is 0 Å². The second-order valence-corrected chi connectivity index (χ2v) is 5.69. The molecule has 0 saturated carbocycles. The van der Waals surface area contributed by atoms with Crippen LogP contribution in [0.1, 0.15) is 41.5 Å². The van der Waals surface area contributed by atoms with Crippen LogP contribution in [0.15, 0.2) is 54.6 Å². The van der Waals surface area contributed by atoms with Gasteiger partial charge in [0.15, 0.2) is 0 Å². The van der Waals surface area contributed by atoms with E-state index in [4.69, 9.17) is 14.9 Å². The van der Waals surface area contributed by atoms with Gasteiger partial charge in [-0.25, -0.2) is 9.59 Å². The molecule has 0 radical (unpaired) electrons. The molecular formula is C18H20O5. The molecule has 0 fully saturated rings. The lowest BCUT2D eigenvalue weighted by Crippen LogP contribution is -2.24. The number of ether oxygens (including phenoxy) is 1. The molecule has 0 saturated heterocycles. The van der Waals surface area contributed by atoms with Crippen LogP contribution in [0.2, 0.25) is 0 Å². The Morgan fingerprint density at radius 1 is 0.826 bits per heavy atom. The Kier molecular flexibility index (Phi) is 6.33. The number of carboxylic acids is 2. The van der Waals surface area contributed by atoms with Gasteiger partial charge in [-0.05, 0) is 45.0 Å². The minimum absolute atomic E-state index is 0.197. The van der Waals surface area contributed by atoms with Crippen molar-refractivity contribution < 1.29 is 24.5 Å². The molecular weight excluding hydrogens is 296 g/mol. The first kappa shape index (κ1) is 18.2. The van der Waals surface area contributed by atoms with E-state index in [1.54, 1.807) is 48.5 Å². The Hall–Kier alpha value is -2.82. The molecule has 0 bridgehead atoms. The van der Waals surface area contributed by atoms with E-state index in [1.807, 2.05) is 20.8 Å². The quantitative estimate of drug-likeness (QED) is 0.896. The zero-order valence-electron chi connectivity index (χ0n) is 13.3. The van der Waals surface area contributed by atoms with Crippen molar-refractivity contribution in [3.05, 3.63) is 65.7 Å². The number of benzene rings is 2. The first-order valence-electron chi connectivity index (χ1n) is 7.00. The van der Waals surface area contributed by atoms with Crippen LogP contribution in [-0.2, 0) is 0 Å². The summed E-state index contributed by atoms with van der Waals surface area (Å²) in [6.07, 6.45) is 0. The highest BCUT2D eigenvalue weighted by atomic mass is 16.5. The molecule has 0 amide bonds. The van der Waals surface area contributed by atoms with Gasteiger partial charge in [0.2, 0.25) is 0 Å². The number of para-hydroxylation sites is 1. The van der Waals surface area contributed by atoms with Crippen LogP contribution in [-0.4, -0.2) is 27.8 Å². The molecule has 0 spiro atoms. The third-order valence-corrected chi connectivity index (χ3v) is 2.55. The van der Waals surface area contributed by atoms with Crippen LogP contribution in [0.25, 0.3) is 0 Å². The smallest absolute Gasteiger partial charge is 0.339 e. The van der Waals surface area contributed by atoms with Gasteiger partial charge >= 0.3 is 11.9 Å². The predicted molar refractivity (Wildman–Crippen MR) is 87.2 cm³/mol. The maximum absolute atomic E-state index is 10.8. The molecule has 0 atom stereocenters. The second-order valence-electron chi connectivity index (χ2n) is 5.69. The average molecular weight is 316 g/mol. The van der Waals surface area contributed by atoms with Gasteiger partial charge in [-0.2, -0.15) is 0 Å². The zero-order valence-corrected chi connectivity index (χ0v) is 13.3. The number of carbonyl (C=O) groups is 2. The molecule has 5 heteroatoms. The fourth-order valence-corrected chi connectivity index (χ4v) is 1.64. The van der Waals surface area contributed by atoms with Crippen molar-refractivity contribution in [2.75, 3.05) is 0 Å². The summed E-state index contributed by atoms with van der Waals surface area (Å²) in [5, 5.41) is 17.3. The number of aromatic carboxylic acids is 2. The SMILES string of the molecule is CC(C)(C)Oc1ccccc1C(=O)O.O=C(O)c1ccccc1. The predicted octanol–water partition coefficient (Wildman–Crippen LogP) is 3.95. The van der Waals surface area contributed by atoms with E-state index < -0.39 is 11.9 Å². The number of hydrogen-bond donors (Lipinski definition) is 2. The topological polar surface area (TPSA) is 83.8 Å². The van der Waals surface area contributed by atoms with Gasteiger partial charge in [-0.3, -0.25) is 0 Å². The van der Waals surface area contributed by atoms with Gasteiger partial charge in [-0.15, -0.1) is 0 Å². The molecule has 23 heavy (non-hydrogen) atoms. The summed E-state index contributed by atoms with van der Waals surface area (Å²) in [5.41, 5.74) is 0.144. The van der Waals surface area contributed by atoms with Crippen molar-refractivity contribution in [3.63, 3.8) is 0 Å². The van der Waals surface area contributed by atoms with Gasteiger partial charge < -0.3 is 14.9 Å². The average Bonchev–Trinajstić information content (AvgIpc) is 2.47. The minimum Gasteiger partial charge on any atom is -0.487 e. The third-order valence-electron chi connectivity index (χ3n) is 2.55. The maximum Gasteiger partial charge on any atom is 0.339 e. The van der Waals surface area contributed by atoms with Crippen molar-refractivity contribution in [2.24, 2.45) is 0 Å². The van der Waals surface area contributed by atoms with E-state index in [9.17, 15) is 9.59 Å². The molecule has 0 aliphatic carbocycles. The van der Waals surface area contributed by atoms with E-state index in [2.05, 4.69) is 0 Å².